The molecular weight excluding hydrogens is 400 g/mol. The van der Waals surface area contributed by atoms with Crippen molar-refractivity contribution in [1.82, 2.24) is 20.0 Å². The molecule has 0 aliphatic heterocycles. The monoisotopic (exact) mass is 438 g/mol. The maximum atomic E-state index is 13.2. The molecule has 1 amide bonds. The maximum absolute atomic E-state index is 13.2. The summed E-state index contributed by atoms with van der Waals surface area (Å²) in [7, 11) is 2.08. The Hall–Kier alpha value is -1.41. The number of ketones is 1. The van der Waals surface area contributed by atoms with Crippen LogP contribution in [0.4, 0.5) is 0 Å². The van der Waals surface area contributed by atoms with E-state index in [4.69, 9.17) is 4.42 Å². The first-order valence-electron chi connectivity index (χ1n) is 11.1. The average Bonchev–Trinajstić information content (AvgIpc) is 3.16. The van der Waals surface area contributed by atoms with Gasteiger partial charge in [-0.1, -0.05) is 44.9 Å². The Morgan fingerprint density at radius 2 is 1.90 bits per heavy atom. The summed E-state index contributed by atoms with van der Waals surface area (Å²) in [4.78, 5) is 29.2. The zero-order valence-corrected chi connectivity index (χ0v) is 20.2. The molecule has 1 aromatic heterocycles. The largest absolute Gasteiger partial charge is 0.408 e. The van der Waals surface area contributed by atoms with Crippen LogP contribution in [-0.2, 0) is 4.79 Å². The molecule has 1 aliphatic rings. The van der Waals surface area contributed by atoms with Crippen molar-refractivity contribution in [3.8, 4) is 0 Å². The first-order valence-corrected chi connectivity index (χ1v) is 12.1. The van der Waals surface area contributed by atoms with Gasteiger partial charge in [-0.25, -0.2) is 0 Å². The molecule has 0 saturated heterocycles. The number of thioether (sulfide) groups is 1. The van der Waals surface area contributed by atoms with Gasteiger partial charge in [0.05, 0.1) is 0 Å². The van der Waals surface area contributed by atoms with Crippen molar-refractivity contribution in [3.05, 3.63) is 5.89 Å². The SMILES string of the molecule is CC(C)CC(C(=O)c1nnc(SCCN(C)C(C)(C)C)o1)N(C=O)C1CCCCC1. The summed E-state index contributed by atoms with van der Waals surface area (Å²) in [6, 6.07) is -0.426. The van der Waals surface area contributed by atoms with Gasteiger partial charge in [-0.3, -0.25) is 9.59 Å². The van der Waals surface area contributed by atoms with E-state index in [1.807, 2.05) is 0 Å². The van der Waals surface area contributed by atoms with Gasteiger partial charge < -0.3 is 14.2 Å². The molecule has 1 heterocycles. The highest BCUT2D eigenvalue weighted by molar-refractivity contribution is 7.99. The van der Waals surface area contributed by atoms with Crippen LogP contribution < -0.4 is 0 Å². The number of carbonyl (C=O) groups is 2. The quantitative estimate of drug-likeness (QED) is 0.290. The lowest BCUT2D eigenvalue weighted by atomic mass is 9.91. The van der Waals surface area contributed by atoms with Crippen molar-refractivity contribution in [2.24, 2.45) is 5.92 Å². The fourth-order valence-electron chi connectivity index (χ4n) is 3.72. The smallest absolute Gasteiger partial charge is 0.286 e. The van der Waals surface area contributed by atoms with Crippen molar-refractivity contribution >= 4 is 24.0 Å². The second-order valence-corrected chi connectivity index (χ2v) is 10.7. The topological polar surface area (TPSA) is 79.5 Å². The molecule has 0 bridgehead atoms. The lowest BCUT2D eigenvalue weighted by Gasteiger charge is -2.36. The molecule has 0 N–H and O–H groups in total. The Balaban J connectivity index is 2.06. The predicted octanol–water partition coefficient (Wildman–Crippen LogP) is 4.28. The fraction of sp³-hybridized carbons (Fsp3) is 0.818. The van der Waals surface area contributed by atoms with Crippen LogP contribution in [0.15, 0.2) is 9.64 Å². The molecular formula is C22H38N4O3S. The standard InChI is InChI=1S/C22H38N4O3S/c1-16(2)14-18(26(15-27)17-10-8-7-9-11-17)19(28)20-23-24-21(29-20)30-13-12-25(6)22(3,4)5/h15-18H,7-14H2,1-6H3. The summed E-state index contributed by atoms with van der Waals surface area (Å²) in [5.74, 6) is 0.832. The van der Waals surface area contributed by atoms with Gasteiger partial charge in [-0.2, -0.15) is 0 Å². The zero-order valence-electron chi connectivity index (χ0n) is 19.4. The van der Waals surface area contributed by atoms with Gasteiger partial charge in [0, 0.05) is 23.9 Å². The Kier molecular flexibility index (Phi) is 9.34. The number of hydrogen-bond donors (Lipinski definition) is 0. The summed E-state index contributed by atoms with van der Waals surface area (Å²) < 4.78 is 5.69. The number of carbonyl (C=O) groups excluding carboxylic acids is 2. The van der Waals surface area contributed by atoms with Crippen LogP contribution in [0.3, 0.4) is 0 Å². The summed E-state index contributed by atoms with van der Waals surface area (Å²) in [5, 5.41) is 8.47. The maximum Gasteiger partial charge on any atom is 0.286 e. The molecule has 170 valence electrons. The van der Waals surface area contributed by atoms with Crippen LogP contribution in [0.1, 0.15) is 83.8 Å². The van der Waals surface area contributed by atoms with E-state index >= 15 is 0 Å². The van der Waals surface area contributed by atoms with Crippen molar-refractivity contribution < 1.29 is 14.0 Å². The number of hydrogen-bond acceptors (Lipinski definition) is 7. The molecule has 0 radical (unpaired) electrons. The Morgan fingerprint density at radius 1 is 1.23 bits per heavy atom. The van der Waals surface area contributed by atoms with E-state index in [1.165, 1.54) is 18.2 Å². The lowest BCUT2D eigenvalue weighted by Crippen LogP contribution is -2.48. The van der Waals surface area contributed by atoms with Crippen molar-refractivity contribution in [1.29, 1.82) is 0 Å². The molecule has 0 spiro atoms. The Bertz CT molecular complexity index is 680. The van der Waals surface area contributed by atoms with E-state index in [1.54, 1.807) is 4.90 Å². The zero-order chi connectivity index (χ0) is 22.3. The van der Waals surface area contributed by atoms with Crippen LogP contribution in [0.25, 0.3) is 0 Å². The normalized spacial score (nSPS) is 16.8. The summed E-state index contributed by atoms with van der Waals surface area (Å²) >= 11 is 1.45. The third kappa shape index (κ3) is 7.08. The summed E-state index contributed by atoms with van der Waals surface area (Å²) in [6.45, 7) is 11.5. The number of aromatic nitrogens is 2. The van der Waals surface area contributed by atoms with E-state index in [-0.39, 0.29) is 29.2 Å². The van der Waals surface area contributed by atoms with Gasteiger partial charge >= 0.3 is 0 Å². The number of nitrogens with zero attached hydrogens (tertiary/aromatic N) is 4. The molecule has 0 aromatic carbocycles. The second-order valence-electron chi connectivity index (χ2n) is 9.67. The van der Waals surface area contributed by atoms with Crippen LogP contribution in [-0.4, -0.2) is 69.2 Å². The first-order chi connectivity index (χ1) is 14.1. The van der Waals surface area contributed by atoms with E-state index in [0.717, 1.165) is 44.4 Å². The minimum Gasteiger partial charge on any atom is -0.408 e. The third-order valence-corrected chi connectivity index (χ3v) is 6.69. The van der Waals surface area contributed by atoms with Gasteiger partial charge in [0.1, 0.15) is 6.04 Å². The molecule has 1 aliphatic carbocycles. The van der Waals surface area contributed by atoms with Crippen LogP contribution in [0.2, 0.25) is 0 Å². The molecule has 1 unspecified atom stereocenters. The fourth-order valence-corrected chi connectivity index (χ4v) is 4.50. The van der Waals surface area contributed by atoms with E-state index in [0.29, 0.717) is 11.6 Å². The van der Waals surface area contributed by atoms with Crippen LogP contribution in [0, 0.1) is 5.92 Å². The predicted molar refractivity (Wildman–Crippen MR) is 120 cm³/mol. The molecule has 1 fully saturated rings. The van der Waals surface area contributed by atoms with Crippen molar-refractivity contribution in [2.75, 3.05) is 19.3 Å². The van der Waals surface area contributed by atoms with Gasteiger partial charge in [0.25, 0.3) is 11.1 Å². The highest BCUT2D eigenvalue weighted by atomic mass is 32.2. The van der Waals surface area contributed by atoms with Crippen molar-refractivity contribution in [3.63, 3.8) is 0 Å². The second kappa shape index (κ2) is 11.3. The van der Waals surface area contributed by atoms with E-state index in [2.05, 4.69) is 56.8 Å². The van der Waals surface area contributed by atoms with E-state index in [9.17, 15) is 9.59 Å². The van der Waals surface area contributed by atoms with Crippen molar-refractivity contribution in [2.45, 2.75) is 96.0 Å². The minimum absolute atomic E-state index is 0.00925. The molecule has 8 heteroatoms. The number of rotatable bonds is 11. The van der Waals surface area contributed by atoms with Gasteiger partial charge in [0.2, 0.25) is 12.2 Å². The van der Waals surface area contributed by atoms with Gasteiger partial charge in [-0.15, -0.1) is 10.2 Å². The minimum atomic E-state index is -0.545. The first kappa shape index (κ1) is 24.9. The number of Topliss-reactive ketones (excluding diaryl/α,β-unsaturated/α-hetero) is 1. The molecule has 1 atom stereocenters. The molecule has 1 saturated carbocycles. The summed E-state index contributed by atoms with van der Waals surface area (Å²) in [6.07, 6.45) is 6.73. The Labute approximate surface area is 185 Å². The molecule has 1 aromatic rings. The average molecular weight is 439 g/mol. The highest BCUT2D eigenvalue weighted by Gasteiger charge is 2.35. The van der Waals surface area contributed by atoms with Gasteiger partial charge in [0.15, 0.2) is 0 Å². The molecule has 7 nitrogen and oxygen atoms in total. The van der Waals surface area contributed by atoms with Crippen LogP contribution in [0.5, 0.6) is 0 Å². The lowest BCUT2D eigenvalue weighted by molar-refractivity contribution is -0.122. The third-order valence-electron chi connectivity index (χ3n) is 5.89. The molecule has 30 heavy (non-hydrogen) atoms. The Morgan fingerprint density at radius 3 is 2.47 bits per heavy atom. The van der Waals surface area contributed by atoms with Gasteiger partial charge in [-0.05, 0) is 53.0 Å². The molecule has 2 rings (SSSR count). The van der Waals surface area contributed by atoms with Crippen LogP contribution >= 0.6 is 11.8 Å². The number of amides is 1. The highest BCUT2D eigenvalue weighted by Crippen LogP contribution is 2.27. The van der Waals surface area contributed by atoms with E-state index < -0.39 is 6.04 Å². The summed E-state index contributed by atoms with van der Waals surface area (Å²) in [5.41, 5.74) is 0.0952.